The Labute approximate surface area is 113 Å². The van der Waals surface area contributed by atoms with Crippen LogP contribution in [0.3, 0.4) is 0 Å². The Morgan fingerprint density at radius 3 is 2.47 bits per heavy atom. The van der Waals surface area contributed by atoms with Gasteiger partial charge in [-0.15, -0.1) is 0 Å². The van der Waals surface area contributed by atoms with E-state index in [1.807, 2.05) is 24.3 Å². The van der Waals surface area contributed by atoms with Crippen molar-refractivity contribution in [3.63, 3.8) is 0 Å². The van der Waals surface area contributed by atoms with Gasteiger partial charge in [-0.1, -0.05) is 43.3 Å². The van der Waals surface area contributed by atoms with E-state index >= 15 is 0 Å². The average Bonchev–Trinajstić information content (AvgIpc) is 2.45. The Morgan fingerprint density at radius 2 is 1.84 bits per heavy atom. The lowest BCUT2D eigenvalue weighted by atomic mass is 9.93. The third-order valence-corrected chi connectivity index (χ3v) is 3.36. The lowest BCUT2D eigenvalue weighted by Crippen LogP contribution is -2.33. The molecule has 0 amide bonds. The largest absolute Gasteiger partial charge is 0.380 e. The summed E-state index contributed by atoms with van der Waals surface area (Å²) in [5, 5.41) is 3.30. The van der Waals surface area contributed by atoms with Gasteiger partial charge < -0.3 is 11.1 Å². The zero-order chi connectivity index (χ0) is 13.7. The fraction of sp³-hybridized carbons (Fsp3) is 0.250. The maximum atomic E-state index is 13.2. The molecule has 2 nitrogen and oxygen atoms in total. The maximum Gasteiger partial charge on any atom is 0.125 e. The van der Waals surface area contributed by atoms with E-state index in [1.54, 1.807) is 6.07 Å². The Balaban J connectivity index is 2.12. The van der Waals surface area contributed by atoms with Crippen LogP contribution in [0.4, 0.5) is 10.1 Å². The van der Waals surface area contributed by atoms with E-state index in [1.165, 1.54) is 17.7 Å². The molecular weight excluding hydrogens is 239 g/mol. The van der Waals surface area contributed by atoms with Gasteiger partial charge >= 0.3 is 0 Å². The Hall–Kier alpha value is -1.87. The zero-order valence-electron chi connectivity index (χ0n) is 11.0. The highest BCUT2D eigenvalue weighted by Gasteiger charge is 2.17. The fourth-order valence-electron chi connectivity index (χ4n) is 2.17. The number of hydrogen-bond donors (Lipinski definition) is 2. The van der Waals surface area contributed by atoms with E-state index in [4.69, 9.17) is 5.73 Å². The van der Waals surface area contributed by atoms with Crippen LogP contribution in [0.2, 0.25) is 0 Å². The third-order valence-electron chi connectivity index (χ3n) is 3.36. The molecule has 0 aliphatic carbocycles. The summed E-state index contributed by atoms with van der Waals surface area (Å²) in [5.74, 6) is 0.0163. The van der Waals surface area contributed by atoms with Gasteiger partial charge in [0.25, 0.3) is 0 Å². The molecule has 0 saturated carbocycles. The standard InChI is InChI=1S/C16H19FN2/c1-12(13-6-3-2-4-7-13)16(11-18)19-15-9-5-8-14(17)10-15/h2-10,12,16,19H,11,18H2,1H3. The topological polar surface area (TPSA) is 38.0 Å². The quantitative estimate of drug-likeness (QED) is 0.863. The second kappa shape index (κ2) is 6.34. The van der Waals surface area contributed by atoms with Crippen molar-refractivity contribution in [2.45, 2.75) is 18.9 Å². The molecular formula is C16H19FN2. The van der Waals surface area contributed by atoms with Crippen molar-refractivity contribution in [1.29, 1.82) is 0 Å². The lowest BCUT2D eigenvalue weighted by Gasteiger charge is -2.25. The van der Waals surface area contributed by atoms with Crippen LogP contribution in [0.1, 0.15) is 18.4 Å². The molecule has 2 rings (SSSR count). The van der Waals surface area contributed by atoms with Gasteiger partial charge in [-0.05, 0) is 23.8 Å². The molecule has 2 aromatic rings. The van der Waals surface area contributed by atoms with Gasteiger partial charge in [-0.2, -0.15) is 0 Å². The van der Waals surface area contributed by atoms with Crippen molar-refractivity contribution >= 4 is 5.69 Å². The SMILES string of the molecule is CC(c1ccccc1)C(CN)Nc1cccc(F)c1. The van der Waals surface area contributed by atoms with E-state index in [9.17, 15) is 4.39 Å². The molecule has 0 aliphatic rings. The summed E-state index contributed by atoms with van der Waals surface area (Å²) in [4.78, 5) is 0. The predicted molar refractivity (Wildman–Crippen MR) is 77.7 cm³/mol. The van der Waals surface area contributed by atoms with Crippen molar-refractivity contribution in [3.05, 3.63) is 66.0 Å². The molecule has 19 heavy (non-hydrogen) atoms. The van der Waals surface area contributed by atoms with Gasteiger partial charge in [0.1, 0.15) is 5.82 Å². The van der Waals surface area contributed by atoms with Crippen LogP contribution in [0, 0.1) is 5.82 Å². The Bertz CT molecular complexity index is 513. The fourth-order valence-corrected chi connectivity index (χ4v) is 2.17. The zero-order valence-corrected chi connectivity index (χ0v) is 11.0. The molecule has 0 saturated heterocycles. The summed E-state index contributed by atoms with van der Waals surface area (Å²) < 4.78 is 13.2. The van der Waals surface area contributed by atoms with Gasteiger partial charge in [-0.25, -0.2) is 4.39 Å². The first-order valence-electron chi connectivity index (χ1n) is 6.48. The summed E-state index contributed by atoms with van der Waals surface area (Å²) in [7, 11) is 0. The van der Waals surface area contributed by atoms with Crippen LogP contribution in [-0.4, -0.2) is 12.6 Å². The number of hydrogen-bond acceptors (Lipinski definition) is 2. The summed E-state index contributed by atoms with van der Waals surface area (Å²) in [6.07, 6.45) is 0. The molecule has 0 radical (unpaired) electrons. The molecule has 2 atom stereocenters. The third kappa shape index (κ3) is 3.55. The van der Waals surface area contributed by atoms with E-state index in [0.29, 0.717) is 6.54 Å². The molecule has 100 valence electrons. The highest BCUT2D eigenvalue weighted by atomic mass is 19.1. The summed E-state index contributed by atoms with van der Waals surface area (Å²) >= 11 is 0. The normalized spacial score (nSPS) is 13.8. The van der Waals surface area contributed by atoms with Gasteiger partial charge in [0.15, 0.2) is 0 Å². The smallest absolute Gasteiger partial charge is 0.125 e. The second-order valence-corrected chi connectivity index (χ2v) is 4.70. The van der Waals surface area contributed by atoms with Crippen molar-refractivity contribution in [2.75, 3.05) is 11.9 Å². The number of rotatable bonds is 5. The minimum atomic E-state index is -0.242. The molecule has 0 heterocycles. The lowest BCUT2D eigenvalue weighted by molar-refractivity contribution is 0.607. The van der Waals surface area contributed by atoms with Crippen LogP contribution in [0.25, 0.3) is 0 Å². The van der Waals surface area contributed by atoms with Crippen molar-refractivity contribution in [3.8, 4) is 0 Å². The molecule has 3 heteroatoms. The van der Waals surface area contributed by atoms with E-state index in [2.05, 4.69) is 24.4 Å². The first kappa shape index (κ1) is 13.6. The van der Waals surface area contributed by atoms with Crippen LogP contribution in [-0.2, 0) is 0 Å². The first-order valence-corrected chi connectivity index (χ1v) is 6.48. The van der Waals surface area contributed by atoms with Gasteiger partial charge in [-0.3, -0.25) is 0 Å². The Kier molecular flexibility index (Phi) is 4.53. The minimum Gasteiger partial charge on any atom is -0.380 e. The average molecular weight is 258 g/mol. The second-order valence-electron chi connectivity index (χ2n) is 4.70. The number of halogens is 1. The number of nitrogens with two attached hydrogens (primary N) is 1. The monoisotopic (exact) mass is 258 g/mol. The van der Waals surface area contributed by atoms with Gasteiger partial charge in [0.2, 0.25) is 0 Å². The highest BCUT2D eigenvalue weighted by molar-refractivity contribution is 5.45. The molecule has 0 aromatic heterocycles. The molecule has 2 aromatic carbocycles. The molecule has 3 N–H and O–H groups in total. The van der Waals surface area contributed by atoms with Crippen molar-refractivity contribution < 1.29 is 4.39 Å². The summed E-state index contributed by atoms with van der Waals surface area (Å²) in [5.41, 5.74) is 7.83. The molecule has 2 unspecified atom stereocenters. The van der Waals surface area contributed by atoms with Crippen molar-refractivity contribution in [1.82, 2.24) is 0 Å². The van der Waals surface area contributed by atoms with Crippen LogP contribution >= 0.6 is 0 Å². The molecule has 0 aliphatic heterocycles. The summed E-state index contributed by atoms with van der Waals surface area (Å²) in [6.45, 7) is 2.62. The number of benzene rings is 2. The minimum absolute atomic E-state index is 0.0733. The van der Waals surface area contributed by atoms with E-state index < -0.39 is 0 Å². The predicted octanol–water partition coefficient (Wildman–Crippen LogP) is 3.37. The van der Waals surface area contributed by atoms with E-state index in [0.717, 1.165) is 5.69 Å². The summed E-state index contributed by atoms with van der Waals surface area (Å²) in [6, 6.07) is 16.7. The maximum absolute atomic E-state index is 13.2. The van der Waals surface area contributed by atoms with Crippen LogP contribution in [0.15, 0.2) is 54.6 Å². The first-order chi connectivity index (χ1) is 9.20. The van der Waals surface area contributed by atoms with Gasteiger partial charge in [0, 0.05) is 24.2 Å². The van der Waals surface area contributed by atoms with Gasteiger partial charge in [0.05, 0.1) is 0 Å². The molecule has 0 bridgehead atoms. The van der Waals surface area contributed by atoms with E-state index in [-0.39, 0.29) is 17.8 Å². The van der Waals surface area contributed by atoms with Crippen LogP contribution < -0.4 is 11.1 Å². The van der Waals surface area contributed by atoms with Crippen LogP contribution in [0.5, 0.6) is 0 Å². The molecule has 0 spiro atoms. The number of nitrogens with one attached hydrogen (secondary N) is 1. The highest BCUT2D eigenvalue weighted by Crippen LogP contribution is 2.22. The number of anilines is 1. The molecule has 0 fully saturated rings. The Morgan fingerprint density at radius 1 is 1.11 bits per heavy atom. The van der Waals surface area contributed by atoms with Crippen molar-refractivity contribution in [2.24, 2.45) is 5.73 Å².